The Balaban J connectivity index is 1.72. The van der Waals surface area contributed by atoms with Gasteiger partial charge in [0.25, 0.3) is 0 Å². The summed E-state index contributed by atoms with van der Waals surface area (Å²) in [5.41, 5.74) is 2.50. The van der Waals surface area contributed by atoms with E-state index in [2.05, 4.69) is 15.4 Å². The number of benzene rings is 2. The normalized spacial score (nSPS) is 10.4. The quantitative estimate of drug-likeness (QED) is 0.800. The molecular formula is C18H16N4O2. The summed E-state index contributed by atoms with van der Waals surface area (Å²) in [6.45, 7) is 1.78. The summed E-state index contributed by atoms with van der Waals surface area (Å²) in [7, 11) is 0. The molecule has 0 spiro atoms. The first-order valence-corrected chi connectivity index (χ1v) is 7.48. The van der Waals surface area contributed by atoms with Crippen molar-refractivity contribution in [1.29, 1.82) is 0 Å². The molecule has 3 aromatic rings. The van der Waals surface area contributed by atoms with Crippen LogP contribution in [0.5, 0.6) is 0 Å². The highest BCUT2D eigenvalue weighted by Crippen LogP contribution is 2.13. The number of hydrogen-bond acceptors (Lipinski definition) is 4. The van der Waals surface area contributed by atoms with Gasteiger partial charge in [-0.15, -0.1) is 0 Å². The minimum atomic E-state index is -0.560. The lowest BCUT2D eigenvalue weighted by atomic mass is 10.2. The van der Waals surface area contributed by atoms with E-state index in [0.29, 0.717) is 11.4 Å². The zero-order chi connectivity index (χ0) is 16.9. The predicted molar refractivity (Wildman–Crippen MR) is 91.5 cm³/mol. The molecule has 0 saturated carbocycles. The van der Waals surface area contributed by atoms with E-state index in [9.17, 15) is 9.59 Å². The molecule has 24 heavy (non-hydrogen) atoms. The second-order valence-corrected chi connectivity index (χ2v) is 5.36. The fourth-order valence-electron chi connectivity index (χ4n) is 2.19. The number of nitrogens with zero attached hydrogens (tertiary/aromatic N) is 3. The Bertz CT molecular complexity index is 902. The van der Waals surface area contributed by atoms with Crippen LogP contribution in [0.25, 0.3) is 11.3 Å². The van der Waals surface area contributed by atoms with Gasteiger partial charge in [-0.25, -0.2) is 9.48 Å². The third kappa shape index (κ3) is 3.73. The van der Waals surface area contributed by atoms with Gasteiger partial charge in [-0.2, -0.15) is 10.1 Å². The fourth-order valence-corrected chi connectivity index (χ4v) is 2.19. The van der Waals surface area contributed by atoms with Crippen molar-refractivity contribution < 1.29 is 4.79 Å². The average molecular weight is 320 g/mol. The first-order chi connectivity index (χ1) is 11.6. The molecule has 0 saturated heterocycles. The molecule has 0 bridgehead atoms. The molecule has 0 aliphatic heterocycles. The van der Waals surface area contributed by atoms with E-state index in [1.54, 1.807) is 12.1 Å². The van der Waals surface area contributed by atoms with Gasteiger partial charge in [0, 0.05) is 11.3 Å². The molecule has 6 heteroatoms. The Labute approximate surface area is 138 Å². The Morgan fingerprint density at radius 2 is 1.79 bits per heavy atom. The van der Waals surface area contributed by atoms with Crippen LogP contribution >= 0.6 is 0 Å². The standard InChI is InChI=1S/C18H16N4O2/c1-13-7-9-15(10-8-13)20-17(23)12-22-18(24)21-16(11-19-22)14-5-3-2-4-6-14/h2-11H,12H2,1H3,(H,20,23). The van der Waals surface area contributed by atoms with E-state index in [1.807, 2.05) is 49.4 Å². The maximum atomic E-state index is 12.1. The highest BCUT2D eigenvalue weighted by molar-refractivity contribution is 5.90. The Morgan fingerprint density at radius 1 is 1.08 bits per heavy atom. The van der Waals surface area contributed by atoms with Gasteiger partial charge in [0.1, 0.15) is 6.54 Å². The number of anilines is 1. The molecule has 3 rings (SSSR count). The Morgan fingerprint density at radius 3 is 2.46 bits per heavy atom. The van der Waals surface area contributed by atoms with Crippen molar-refractivity contribution in [1.82, 2.24) is 14.8 Å². The summed E-state index contributed by atoms with van der Waals surface area (Å²) in [6.07, 6.45) is 1.48. The molecule has 0 radical (unpaired) electrons. The van der Waals surface area contributed by atoms with Crippen molar-refractivity contribution in [3.05, 3.63) is 76.8 Å². The highest BCUT2D eigenvalue weighted by Gasteiger charge is 2.08. The number of aromatic nitrogens is 3. The largest absolute Gasteiger partial charge is 0.365 e. The number of rotatable bonds is 4. The van der Waals surface area contributed by atoms with Crippen LogP contribution in [0.15, 0.2) is 65.6 Å². The Hall–Kier alpha value is -3.28. The molecule has 0 fully saturated rings. The van der Waals surface area contributed by atoms with Crippen LogP contribution in [0.3, 0.4) is 0 Å². The zero-order valence-corrected chi connectivity index (χ0v) is 13.1. The van der Waals surface area contributed by atoms with E-state index in [-0.39, 0.29) is 12.5 Å². The van der Waals surface area contributed by atoms with Crippen LogP contribution in [0, 0.1) is 6.92 Å². The molecule has 0 atom stereocenters. The molecule has 0 unspecified atom stereocenters. The van der Waals surface area contributed by atoms with Gasteiger partial charge in [0.05, 0.1) is 11.9 Å². The summed E-state index contributed by atoms with van der Waals surface area (Å²) in [5.74, 6) is -0.331. The van der Waals surface area contributed by atoms with E-state index < -0.39 is 5.69 Å². The molecule has 1 aromatic heterocycles. The van der Waals surface area contributed by atoms with Crippen LogP contribution in [0.4, 0.5) is 5.69 Å². The van der Waals surface area contributed by atoms with Crippen molar-refractivity contribution in [2.45, 2.75) is 13.5 Å². The third-order valence-electron chi connectivity index (χ3n) is 3.45. The molecular weight excluding hydrogens is 304 g/mol. The number of carbonyl (C=O) groups is 1. The number of hydrogen-bond donors (Lipinski definition) is 1. The summed E-state index contributed by atoms with van der Waals surface area (Å²) in [6, 6.07) is 16.7. The molecule has 0 aliphatic carbocycles. The molecule has 1 N–H and O–H groups in total. The van der Waals surface area contributed by atoms with Gasteiger partial charge < -0.3 is 5.32 Å². The van der Waals surface area contributed by atoms with Gasteiger partial charge in [-0.1, -0.05) is 48.0 Å². The number of carbonyl (C=O) groups excluding carboxylic acids is 1. The van der Waals surface area contributed by atoms with Crippen molar-refractivity contribution >= 4 is 11.6 Å². The van der Waals surface area contributed by atoms with Crippen LogP contribution in [0.1, 0.15) is 5.56 Å². The van der Waals surface area contributed by atoms with Crippen LogP contribution in [-0.2, 0) is 11.3 Å². The van der Waals surface area contributed by atoms with Gasteiger partial charge in [0.15, 0.2) is 0 Å². The van der Waals surface area contributed by atoms with Crippen LogP contribution < -0.4 is 11.0 Å². The van der Waals surface area contributed by atoms with E-state index in [1.165, 1.54) is 6.20 Å². The highest BCUT2D eigenvalue weighted by atomic mass is 16.2. The molecule has 6 nitrogen and oxygen atoms in total. The first kappa shape index (κ1) is 15.6. The van der Waals surface area contributed by atoms with Crippen LogP contribution in [0.2, 0.25) is 0 Å². The lowest BCUT2D eigenvalue weighted by Gasteiger charge is -2.07. The third-order valence-corrected chi connectivity index (χ3v) is 3.45. The van der Waals surface area contributed by atoms with Gasteiger partial charge in [-0.05, 0) is 19.1 Å². The summed E-state index contributed by atoms with van der Waals surface area (Å²) in [4.78, 5) is 28.1. The van der Waals surface area contributed by atoms with E-state index >= 15 is 0 Å². The van der Waals surface area contributed by atoms with Gasteiger partial charge in [-0.3, -0.25) is 4.79 Å². The second kappa shape index (κ2) is 6.87. The van der Waals surface area contributed by atoms with Crippen molar-refractivity contribution in [2.24, 2.45) is 0 Å². The Kier molecular flexibility index (Phi) is 4.47. The smallest absolute Gasteiger partial charge is 0.324 e. The number of aryl methyl sites for hydroxylation is 1. The van der Waals surface area contributed by atoms with Crippen molar-refractivity contribution in [3.8, 4) is 11.3 Å². The van der Waals surface area contributed by atoms with Crippen molar-refractivity contribution in [3.63, 3.8) is 0 Å². The van der Waals surface area contributed by atoms with Gasteiger partial charge in [0.2, 0.25) is 5.91 Å². The monoisotopic (exact) mass is 320 g/mol. The summed E-state index contributed by atoms with van der Waals surface area (Å²) >= 11 is 0. The lowest BCUT2D eigenvalue weighted by Crippen LogP contribution is -2.31. The summed E-state index contributed by atoms with van der Waals surface area (Å²) < 4.78 is 1.04. The van der Waals surface area contributed by atoms with Crippen LogP contribution in [-0.4, -0.2) is 20.7 Å². The zero-order valence-electron chi connectivity index (χ0n) is 13.1. The maximum Gasteiger partial charge on any atom is 0.365 e. The van der Waals surface area contributed by atoms with Gasteiger partial charge >= 0.3 is 5.69 Å². The SMILES string of the molecule is Cc1ccc(NC(=O)Cn2ncc(-c3ccccc3)nc2=O)cc1. The molecule has 1 heterocycles. The average Bonchev–Trinajstić information content (AvgIpc) is 2.59. The lowest BCUT2D eigenvalue weighted by molar-refractivity contribution is -0.117. The fraction of sp³-hybridized carbons (Fsp3) is 0.111. The van der Waals surface area contributed by atoms with Crippen molar-refractivity contribution in [2.75, 3.05) is 5.32 Å². The summed E-state index contributed by atoms with van der Waals surface area (Å²) in [5, 5.41) is 6.76. The molecule has 0 aliphatic rings. The first-order valence-electron chi connectivity index (χ1n) is 7.48. The molecule has 120 valence electrons. The molecule has 1 amide bonds. The van der Waals surface area contributed by atoms with E-state index in [4.69, 9.17) is 0 Å². The minimum Gasteiger partial charge on any atom is -0.324 e. The minimum absolute atomic E-state index is 0.186. The van der Waals surface area contributed by atoms with E-state index in [0.717, 1.165) is 15.8 Å². The maximum absolute atomic E-state index is 12.1. The number of nitrogens with one attached hydrogen (secondary N) is 1. The second-order valence-electron chi connectivity index (χ2n) is 5.36. The topological polar surface area (TPSA) is 76.9 Å². The number of amides is 1. The predicted octanol–water partition coefficient (Wildman–Crippen LogP) is 2.25. The molecule has 2 aromatic carbocycles.